The fourth-order valence-corrected chi connectivity index (χ4v) is 1.81. The van der Waals surface area contributed by atoms with Gasteiger partial charge in [0.15, 0.2) is 0 Å². The highest BCUT2D eigenvalue weighted by Crippen LogP contribution is 2.28. The van der Waals surface area contributed by atoms with Gasteiger partial charge in [0.1, 0.15) is 6.54 Å². The number of anilines is 1. The lowest BCUT2D eigenvalue weighted by molar-refractivity contribution is -0.120. The first-order valence-electron chi connectivity index (χ1n) is 5.79. The van der Waals surface area contributed by atoms with Crippen LogP contribution in [0, 0.1) is 6.92 Å². The maximum absolute atomic E-state index is 12.6. The van der Waals surface area contributed by atoms with E-state index in [1.54, 1.807) is 26.8 Å². The first kappa shape index (κ1) is 15.3. The molecular weight excluding hydrogens is 259 g/mol. The molecule has 19 heavy (non-hydrogen) atoms. The first-order chi connectivity index (χ1) is 8.61. The molecule has 0 amide bonds. The van der Waals surface area contributed by atoms with Gasteiger partial charge in [0.2, 0.25) is 0 Å². The van der Waals surface area contributed by atoms with E-state index in [-0.39, 0.29) is 11.3 Å². The van der Waals surface area contributed by atoms with Gasteiger partial charge in [-0.25, -0.2) is 4.79 Å². The normalized spacial score (nSPS) is 11.7. The van der Waals surface area contributed by atoms with Crippen molar-refractivity contribution in [2.24, 2.45) is 0 Å². The van der Waals surface area contributed by atoms with Crippen molar-refractivity contribution in [2.45, 2.75) is 33.0 Å². The van der Waals surface area contributed by atoms with E-state index in [9.17, 15) is 18.0 Å². The van der Waals surface area contributed by atoms with E-state index in [4.69, 9.17) is 5.11 Å². The second-order valence-corrected chi connectivity index (χ2v) is 4.66. The SMILES string of the molecule is Cc1ccc(N(CC(F)(F)F)C(C)C)c(C(=O)O)c1. The Morgan fingerprint density at radius 3 is 2.37 bits per heavy atom. The molecule has 0 aromatic heterocycles. The van der Waals surface area contributed by atoms with Gasteiger partial charge in [-0.15, -0.1) is 0 Å². The third-order valence-corrected chi connectivity index (χ3v) is 2.66. The lowest BCUT2D eigenvalue weighted by Crippen LogP contribution is -2.40. The number of hydrogen-bond acceptors (Lipinski definition) is 2. The minimum Gasteiger partial charge on any atom is -0.478 e. The fourth-order valence-electron chi connectivity index (χ4n) is 1.81. The van der Waals surface area contributed by atoms with Crippen LogP contribution in [0.1, 0.15) is 29.8 Å². The van der Waals surface area contributed by atoms with E-state index >= 15 is 0 Å². The molecule has 0 heterocycles. The molecular formula is C13H16F3NO2. The minimum absolute atomic E-state index is 0.0884. The van der Waals surface area contributed by atoms with Crippen molar-refractivity contribution in [2.75, 3.05) is 11.4 Å². The summed E-state index contributed by atoms with van der Waals surface area (Å²) in [6.07, 6.45) is -4.38. The summed E-state index contributed by atoms with van der Waals surface area (Å²) in [5, 5.41) is 9.11. The largest absolute Gasteiger partial charge is 0.478 e. The molecule has 1 N–H and O–H groups in total. The molecule has 106 valence electrons. The predicted octanol–water partition coefficient (Wildman–Crippen LogP) is 3.47. The summed E-state index contributed by atoms with van der Waals surface area (Å²) in [7, 11) is 0. The van der Waals surface area contributed by atoms with Gasteiger partial charge in [-0.1, -0.05) is 11.6 Å². The maximum atomic E-state index is 12.6. The van der Waals surface area contributed by atoms with Gasteiger partial charge in [0, 0.05) is 6.04 Å². The molecule has 0 atom stereocenters. The minimum atomic E-state index is -4.38. The van der Waals surface area contributed by atoms with Crippen molar-refractivity contribution in [1.29, 1.82) is 0 Å². The molecule has 6 heteroatoms. The van der Waals surface area contributed by atoms with Crippen LogP contribution < -0.4 is 4.90 Å². The first-order valence-corrected chi connectivity index (χ1v) is 5.79. The topological polar surface area (TPSA) is 40.5 Å². The Hall–Kier alpha value is -1.72. The monoisotopic (exact) mass is 275 g/mol. The summed E-state index contributed by atoms with van der Waals surface area (Å²) in [6, 6.07) is 3.95. The van der Waals surface area contributed by atoms with Crippen LogP contribution in [-0.2, 0) is 0 Å². The second kappa shape index (κ2) is 5.50. The Morgan fingerprint density at radius 1 is 1.37 bits per heavy atom. The zero-order valence-electron chi connectivity index (χ0n) is 11.0. The van der Waals surface area contributed by atoms with Gasteiger partial charge in [0.25, 0.3) is 0 Å². The maximum Gasteiger partial charge on any atom is 0.405 e. The second-order valence-electron chi connectivity index (χ2n) is 4.66. The number of rotatable bonds is 4. The van der Waals surface area contributed by atoms with E-state index in [0.717, 1.165) is 4.90 Å². The molecule has 1 aromatic rings. The number of benzene rings is 1. The molecule has 0 aliphatic heterocycles. The Morgan fingerprint density at radius 2 is 1.95 bits per heavy atom. The summed E-state index contributed by atoms with van der Waals surface area (Å²) < 4.78 is 37.7. The summed E-state index contributed by atoms with van der Waals surface area (Å²) in [5.74, 6) is -1.23. The third kappa shape index (κ3) is 4.15. The quantitative estimate of drug-likeness (QED) is 0.914. The number of carbonyl (C=O) groups is 1. The van der Waals surface area contributed by atoms with Crippen LogP contribution in [0.5, 0.6) is 0 Å². The van der Waals surface area contributed by atoms with Gasteiger partial charge >= 0.3 is 12.1 Å². The zero-order chi connectivity index (χ0) is 14.8. The van der Waals surface area contributed by atoms with E-state index in [1.807, 2.05) is 0 Å². The van der Waals surface area contributed by atoms with Gasteiger partial charge < -0.3 is 10.0 Å². The van der Waals surface area contributed by atoms with Crippen molar-refractivity contribution in [3.8, 4) is 0 Å². The van der Waals surface area contributed by atoms with Gasteiger partial charge in [-0.05, 0) is 32.9 Å². The number of carboxylic acids is 1. The molecule has 0 aliphatic carbocycles. The summed E-state index contributed by atoms with van der Waals surface area (Å²) in [6.45, 7) is 3.71. The third-order valence-electron chi connectivity index (χ3n) is 2.66. The molecule has 3 nitrogen and oxygen atoms in total. The smallest absolute Gasteiger partial charge is 0.405 e. The van der Waals surface area contributed by atoms with Crippen LogP contribution in [0.3, 0.4) is 0 Å². The summed E-state index contributed by atoms with van der Waals surface area (Å²) in [5.41, 5.74) is 0.667. The fraction of sp³-hybridized carbons (Fsp3) is 0.462. The molecule has 0 aliphatic rings. The number of halogens is 3. The molecule has 0 saturated heterocycles. The Balaban J connectivity index is 3.27. The van der Waals surface area contributed by atoms with Crippen LogP contribution in [0.15, 0.2) is 18.2 Å². The highest BCUT2D eigenvalue weighted by molar-refractivity contribution is 5.94. The molecule has 0 fully saturated rings. The Labute approximate surface area is 109 Å². The van der Waals surface area contributed by atoms with Gasteiger partial charge in [0.05, 0.1) is 11.3 Å². The van der Waals surface area contributed by atoms with Crippen LogP contribution in [-0.4, -0.2) is 29.8 Å². The highest BCUT2D eigenvalue weighted by Gasteiger charge is 2.33. The Kier molecular flexibility index (Phi) is 4.44. The van der Waals surface area contributed by atoms with Crippen molar-refractivity contribution in [3.63, 3.8) is 0 Å². The lowest BCUT2D eigenvalue weighted by atomic mass is 10.1. The van der Waals surface area contributed by atoms with Crippen molar-refractivity contribution in [3.05, 3.63) is 29.3 Å². The lowest BCUT2D eigenvalue weighted by Gasteiger charge is -2.31. The predicted molar refractivity (Wildman–Crippen MR) is 66.7 cm³/mol. The van der Waals surface area contributed by atoms with Crippen LogP contribution in [0.4, 0.5) is 18.9 Å². The van der Waals surface area contributed by atoms with E-state index in [0.29, 0.717) is 5.56 Å². The van der Waals surface area contributed by atoms with Gasteiger partial charge in [-0.3, -0.25) is 0 Å². The van der Waals surface area contributed by atoms with Crippen molar-refractivity contribution in [1.82, 2.24) is 0 Å². The highest BCUT2D eigenvalue weighted by atomic mass is 19.4. The summed E-state index contributed by atoms with van der Waals surface area (Å²) >= 11 is 0. The molecule has 1 aromatic carbocycles. The van der Waals surface area contributed by atoms with Gasteiger partial charge in [-0.2, -0.15) is 13.2 Å². The standard InChI is InChI=1S/C13H16F3NO2/c1-8(2)17(7-13(14,15)16)11-5-4-9(3)6-10(11)12(18)19/h4-6,8H,7H2,1-3H3,(H,18,19). The molecule has 0 unspecified atom stereocenters. The van der Waals surface area contributed by atoms with Crippen LogP contribution in [0.25, 0.3) is 0 Å². The number of nitrogens with zero attached hydrogens (tertiary/aromatic N) is 1. The van der Waals surface area contributed by atoms with Crippen LogP contribution >= 0.6 is 0 Å². The van der Waals surface area contributed by atoms with Crippen LogP contribution in [0.2, 0.25) is 0 Å². The molecule has 0 saturated carbocycles. The average molecular weight is 275 g/mol. The number of aromatic carboxylic acids is 1. The number of carboxylic acid groups (broad SMARTS) is 1. The summed E-state index contributed by atoms with van der Waals surface area (Å²) in [4.78, 5) is 12.2. The van der Waals surface area contributed by atoms with E-state index < -0.39 is 24.7 Å². The molecule has 0 radical (unpaired) electrons. The van der Waals surface area contributed by atoms with Crippen molar-refractivity contribution >= 4 is 11.7 Å². The Bertz CT molecular complexity index is 469. The molecule has 0 spiro atoms. The zero-order valence-corrected chi connectivity index (χ0v) is 11.0. The number of hydrogen-bond donors (Lipinski definition) is 1. The van der Waals surface area contributed by atoms with E-state index in [1.165, 1.54) is 12.1 Å². The molecule has 0 bridgehead atoms. The average Bonchev–Trinajstić information content (AvgIpc) is 2.24. The molecule has 1 rings (SSSR count). The number of aryl methyl sites for hydroxylation is 1. The van der Waals surface area contributed by atoms with E-state index in [2.05, 4.69) is 0 Å². The van der Waals surface area contributed by atoms with Crippen molar-refractivity contribution < 1.29 is 23.1 Å². The number of alkyl halides is 3.